The highest BCUT2D eigenvalue weighted by molar-refractivity contribution is 5.77. The highest BCUT2D eigenvalue weighted by Crippen LogP contribution is 2.26. The summed E-state index contributed by atoms with van der Waals surface area (Å²) in [7, 11) is 0. The summed E-state index contributed by atoms with van der Waals surface area (Å²) in [5.74, 6) is 0.775. The molecule has 2 unspecified atom stereocenters. The number of rotatable bonds is 6. The van der Waals surface area contributed by atoms with Gasteiger partial charge >= 0.3 is 0 Å². The van der Waals surface area contributed by atoms with Crippen LogP contribution >= 0.6 is 0 Å². The van der Waals surface area contributed by atoms with Crippen molar-refractivity contribution in [3.63, 3.8) is 0 Å². The average Bonchev–Trinajstić information content (AvgIpc) is 2.92. The molecule has 2 aromatic rings. The highest BCUT2D eigenvalue weighted by Gasteiger charge is 2.23. The molecule has 0 saturated carbocycles. The van der Waals surface area contributed by atoms with Gasteiger partial charge in [0.05, 0.1) is 5.92 Å². The van der Waals surface area contributed by atoms with E-state index in [1.54, 1.807) is 6.92 Å². The van der Waals surface area contributed by atoms with Crippen molar-refractivity contribution in [2.24, 2.45) is 0 Å². The number of aryl methyl sites for hydroxylation is 1. The van der Waals surface area contributed by atoms with Gasteiger partial charge in [0.25, 0.3) is 0 Å². The van der Waals surface area contributed by atoms with Crippen LogP contribution in [-0.2, 0) is 4.79 Å². The first-order valence-electron chi connectivity index (χ1n) is 7.24. The van der Waals surface area contributed by atoms with E-state index in [-0.39, 0.29) is 17.9 Å². The molecule has 0 aliphatic carbocycles. The Morgan fingerprint density at radius 1 is 1.29 bits per heavy atom. The van der Waals surface area contributed by atoms with Crippen molar-refractivity contribution in [2.75, 3.05) is 0 Å². The number of carbonyl (C=O) groups excluding carboxylic acids is 1. The molecule has 0 radical (unpaired) electrons. The SMILES string of the molecule is CCC(C)NC(=O)CC(c1ccccc1)c1nnc(C)o1. The molecular formula is C16H21N3O2. The van der Waals surface area contributed by atoms with Gasteiger partial charge in [-0.2, -0.15) is 0 Å². The minimum absolute atomic E-state index is 0.00550. The summed E-state index contributed by atoms with van der Waals surface area (Å²) >= 11 is 0. The maximum atomic E-state index is 12.2. The maximum absolute atomic E-state index is 12.2. The molecule has 1 N–H and O–H groups in total. The molecule has 112 valence electrons. The van der Waals surface area contributed by atoms with Crippen molar-refractivity contribution in [2.45, 2.75) is 45.6 Å². The zero-order valence-electron chi connectivity index (χ0n) is 12.7. The Balaban J connectivity index is 2.19. The van der Waals surface area contributed by atoms with E-state index in [4.69, 9.17) is 4.42 Å². The van der Waals surface area contributed by atoms with Crippen molar-refractivity contribution < 1.29 is 9.21 Å². The summed E-state index contributed by atoms with van der Waals surface area (Å²) in [5.41, 5.74) is 1.00. The molecule has 1 amide bonds. The van der Waals surface area contributed by atoms with Crippen molar-refractivity contribution in [1.82, 2.24) is 15.5 Å². The molecular weight excluding hydrogens is 266 g/mol. The predicted molar refractivity (Wildman–Crippen MR) is 79.8 cm³/mol. The maximum Gasteiger partial charge on any atom is 0.224 e. The van der Waals surface area contributed by atoms with Gasteiger partial charge < -0.3 is 9.73 Å². The molecule has 0 aliphatic rings. The van der Waals surface area contributed by atoms with Crippen molar-refractivity contribution >= 4 is 5.91 Å². The van der Waals surface area contributed by atoms with Crippen LogP contribution < -0.4 is 5.32 Å². The van der Waals surface area contributed by atoms with Crippen LogP contribution in [0, 0.1) is 6.92 Å². The first-order chi connectivity index (χ1) is 10.1. The van der Waals surface area contributed by atoms with E-state index in [2.05, 4.69) is 15.5 Å². The molecule has 0 bridgehead atoms. The number of aromatic nitrogens is 2. The molecule has 0 saturated heterocycles. The van der Waals surface area contributed by atoms with Crippen molar-refractivity contribution in [3.8, 4) is 0 Å². The molecule has 1 aromatic heterocycles. The smallest absolute Gasteiger partial charge is 0.224 e. The number of carbonyl (C=O) groups is 1. The fourth-order valence-electron chi connectivity index (χ4n) is 2.11. The van der Waals surface area contributed by atoms with Gasteiger partial charge in [-0.25, -0.2) is 0 Å². The first kappa shape index (κ1) is 15.2. The van der Waals surface area contributed by atoms with Gasteiger partial charge in [0.2, 0.25) is 17.7 Å². The molecule has 0 fully saturated rings. The fourth-order valence-corrected chi connectivity index (χ4v) is 2.11. The van der Waals surface area contributed by atoms with E-state index in [9.17, 15) is 4.79 Å². The summed E-state index contributed by atoms with van der Waals surface area (Å²) in [6, 6.07) is 9.94. The standard InChI is InChI=1S/C16H21N3O2/c1-4-11(2)17-15(20)10-14(13-8-6-5-7-9-13)16-19-18-12(3)21-16/h5-9,11,14H,4,10H2,1-3H3,(H,17,20). The van der Waals surface area contributed by atoms with Crippen LogP contribution in [0.2, 0.25) is 0 Å². The molecule has 2 rings (SSSR count). The molecule has 21 heavy (non-hydrogen) atoms. The number of amides is 1. The van der Waals surface area contributed by atoms with Crippen LogP contribution in [-0.4, -0.2) is 22.1 Å². The Kier molecular flexibility index (Phi) is 5.09. The van der Waals surface area contributed by atoms with Crippen molar-refractivity contribution in [1.29, 1.82) is 0 Å². The molecule has 0 aliphatic heterocycles. The average molecular weight is 287 g/mol. The van der Waals surface area contributed by atoms with Gasteiger partial charge in [-0.05, 0) is 18.9 Å². The lowest BCUT2D eigenvalue weighted by molar-refractivity contribution is -0.122. The Labute approximate surface area is 124 Å². The van der Waals surface area contributed by atoms with Crippen LogP contribution in [0.1, 0.15) is 50.0 Å². The third-order valence-corrected chi connectivity index (χ3v) is 3.45. The van der Waals surface area contributed by atoms with E-state index in [1.165, 1.54) is 0 Å². The Bertz CT molecular complexity index is 580. The van der Waals surface area contributed by atoms with Gasteiger partial charge in [-0.1, -0.05) is 37.3 Å². The number of nitrogens with one attached hydrogen (secondary N) is 1. The van der Waals surface area contributed by atoms with Gasteiger partial charge in [-0.3, -0.25) is 4.79 Å². The number of hydrogen-bond donors (Lipinski definition) is 1. The first-order valence-corrected chi connectivity index (χ1v) is 7.24. The second-order valence-corrected chi connectivity index (χ2v) is 5.20. The minimum atomic E-state index is -0.212. The number of hydrogen-bond acceptors (Lipinski definition) is 4. The van der Waals surface area contributed by atoms with Crippen LogP contribution in [0.15, 0.2) is 34.7 Å². The lowest BCUT2D eigenvalue weighted by Crippen LogP contribution is -2.33. The molecule has 2 atom stereocenters. The Hall–Kier alpha value is -2.17. The van der Waals surface area contributed by atoms with Gasteiger partial charge in [-0.15, -0.1) is 10.2 Å². The second kappa shape index (κ2) is 7.02. The van der Waals surface area contributed by atoms with E-state index in [0.717, 1.165) is 12.0 Å². The Morgan fingerprint density at radius 2 is 2.00 bits per heavy atom. The van der Waals surface area contributed by atoms with Gasteiger partial charge in [0, 0.05) is 19.4 Å². The quantitative estimate of drug-likeness (QED) is 0.887. The van der Waals surface area contributed by atoms with Crippen LogP contribution in [0.25, 0.3) is 0 Å². The number of nitrogens with zero attached hydrogens (tertiary/aromatic N) is 2. The fraction of sp³-hybridized carbons (Fsp3) is 0.438. The summed E-state index contributed by atoms with van der Waals surface area (Å²) in [5, 5.41) is 10.9. The third kappa shape index (κ3) is 4.15. The molecule has 1 aromatic carbocycles. The molecule has 0 spiro atoms. The van der Waals surface area contributed by atoms with E-state index in [1.807, 2.05) is 44.2 Å². The summed E-state index contributed by atoms with van der Waals surface area (Å²) in [6.07, 6.45) is 1.21. The zero-order chi connectivity index (χ0) is 15.2. The number of benzene rings is 1. The highest BCUT2D eigenvalue weighted by atomic mass is 16.4. The second-order valence-electron chi connectivity index (χ2n) is 5.20. The molecule has 5 heteroatoms. The van der Waals surface area contributed by atoms with Crippen molar-refractivity contribution in [3.05, 3.63) is 47.7 Å². The lowest BCUT2D eigenvalue weighted by Gasteiger charge is -2.16. The minimum Gasteiger partial charge on any atom is -0.425 e. The van der Waals surface area contributed by atoms with E-state index >= 15 is 0 Å². The molecule has 1 heterocycles. The lowest BCUT2D eigenvalue weighted by atomic mass is 9.95. The summed E-state index contributed by atoms with van der Waals surface area (Å²) in [6.45, 7) is 5.78. The Morgan fingerprint density at radius 3 is 2.57 bits per heavy atom. The van der Waals surface area contributed by atoms with E-state index in [0.29, 0.717) is 18.2 Å². The topological polar surface area (TPSA) is 68.0 Å². The van der Waals surface area contributed by atoms with Crippen LogP contribution in [0.3, 0.4) is 0 Å². The summed E-state index contributed by atoms with van der Waals surface area (Å²) in [4.78, 5) is 12.2. The van der Waals surface area contributed by atoms with Gasteiger partial charge in [0.15, 0.2) is 0 Å². The van der Waals surface area contributed by atoms with Crippen LogP contribution in [0.5, 0.6) is 0 Å². The normalized spacial score (nSPS) is 13.7. The van der Waals surface area contributed by atoms with Crippen LogP contribution in [0.4, 0.5) is 0 Å². The van der Waals surface area contributed by atoms with Gasteiger partial charge in [0.1, 0.15) is 0 Å². The zero-order valence-corrected chi connectivity index (χ0v) is 12.7. The monoisotopic (exact) mass is 287 g/mol. The summed E-state index contributed by atoms with van der Waals surface area (Å²) < 4.78 is 5.53. The predicted octanol–water partition coefficient (Wildman–Crippen LogP) is 2.81. The largest absolute Gasteiger partial charge is 0.425 e. The van der Waals surface area contributed by atoms with E-state index < -0.39 is 0 Å². The molecule has 5 nitrogen and oxygen atoms in total. The third-order valence-electron chi connectivity index (χ3n) is 3.45.